The number of aryl methyl sites for hydroxylation is 1. The number of benzene rings is 5. The fraction of sp³-hybridized carbons (Fsp3) is 0.0476. The molecule has 0 nitrogen and oxygen atoms in total. The Bertz CT molecular complexity index is 2490. The molecule has 0 unspecified atom stereocenters. The van der Waals surface area contributed by atoms with Crippen molar-refractivity contribution in [3.63, 3.8) is 0 Å². The summed E-state index contributed by atoms with van der Waals surface area (Å²) in [6.07, 6.45) is 4.39. The first-order valence-electron chi connectivity index (χ1n) is 15.1. The Morgan fingerprint density at radius 3 is 1.84 bits per heavy atom. The SMILES string of the molecule is CC=Cc1c(C)sc2c(-c3cc(-c4c#ccc5c4sc4ccccc45)cc(-c4cccc5c4sc4ccccc45)c3)cccc12. The van der Waals surface area contributed by atoms with E-state index in [0.29, 0.717) is 0 Å². The van der Waals surface area contributed by atoms with Crippen LogP contribution in [0, 0.1) is 19.1 Å². The van der Waals surface area contributed by atoms with E-state index in [0.717, 1.165) is 5.56 Å². The smallest absolute Gasteiger partial charge is 0.0524 e. The summed E-state index contributed by atoms with van der Waals surface area (Å²) in [5.41, 5.74) is 8.61. The molecule has 9 aromatic rings. The van der Waals surface area contributed by atoms with Gasteiger partial charge in [0.15, 0.2) is 0 Å². The molecule has 0 aliphatic rings. The lowest BCUT2D eigenvalue weighted by Gasteiger charge is -2.12. The minimum Gasteiger partial charge on any atom is -0.139 e. The van der Waals surface area contributed by atoms with Gasteiger partial charge in [0.05, 0.1) is 10.3 Å². The summed E-state index contributed by atoms with van der Waals surface area (Å²) in [4.78, 5) is 1.35. The van der Waals surface area contributed by atoms with Crippen LogP contribution < -0.4 is 0 Å². The van der Waals surface area contributed by atoms with Crippen LogP contribution in [-0.4, -0.2) is 0 Å². The molecule has 0 spiro atoms. The zero-order valence-electron chi connectivity index (χ0n) is 24.8. The van der Waals surface area contributed by atoms with Gasteiger partial charge >= 0.3 is 0 Å². The van der Waals surface area contributed by atoms with Crippen molar-refractivity contribution in [1.29, 1.82) is 0 Å². The summed E-state index contributed by atoms with van der Waals surface area (Å²) in [6.45, 7) is 4.33. The van der Waals surface area contributed by atoms with E-state index in [2.05, 4.69) is 147 Å². The van der Waals surface area contributed by atoms with E-state index in [-0.39, 0.29) is 0 Å². The molecule has 9 rings (SSSR count). The molecule has 0 fully saturated rings. The molecule has 0 aliphatic carbocycles. The van der Waals surface area contributed by atoms with E-state index in [1.165, 1.54) is 88.7 Å². The largest absolute Gasteiger partial charge is 0.139 e. The van der Waals surface area contributed by atoms with E-state index in [9.17, 15) is 0 Å². The molecule has 3 heterocycles. The average Bonchev–Trinajstić information content (AvgIpc) is 3.75. The maximum atomic E-state index is 3.55. The standard InChI is InChI=1S/C42H26S3/c1-3-11-29-25(2)43-40-30(14-8-17-35(29)40)26-22-27(31-15-9-18-36-33-12-4-6-20-38(33)44-41(31)36)24-28(23-26)32-16-10-19-37-34-13-5-7-21-39(34)45-42(32)37/h3-9,11-15,17-24H,1-2H3. The first kappa shape index (κ1) is 26.7. The summed E-state index contributed by atoms with van der Waals surface area (Å²) >= 11 is 5.63. The maximum Gasteiger partial charge on any atom is 0.0524 e. The molecular weight excluding hydrogens is 601 g/mol. The van der Waals surface area contributed by atoms with Crippen molar-refractivity contribution in [2.45, 2.75) is 13.8 Å². The zero-order chi connectivity index (χ0) is 30.1. The number of rotatable bonds is 4. The van der Waals surface area contributed by atoms with Gasteiger partial charge in [0, 0.05) is 50.6 Å². The van der Waals surface area contributed by atoms with Crippen molar-refractivity contribution in [3.05, 3.63) is 138 Å². The average molecular weight is 627 g/mol. The summed E-state index contributed by atoms with van der Waals surface area (Å²) in [5, 5.41) is 6.49. The van der Waals surface area contributed by atoms with Crippen LogP contribution in [0.15, 0.2) is 115 Å². The molecule has 0 atom stereocenters. The Morgan fingerprint density at radius 2 is 1.13 bits per heavy atom. The number of fused-ring (bicyclic) bond motifs is 7. The summed E-state index contributed by atoms with van der Waals surface area (Å²) < 4.78 is 6.55. The molecule has 6 aromatic carbocycles. The topological polar surface area (TPSA) is 0 Å². The molecule has 3 heteroatoms. The Balaban J connectivity index is 1.36. The van der Waals surface area contributed by atoms with Gasteiger partial charge in [-0.05, 0) is 83.6 Å². The molecule has 45 heavy (non-hydrogen) atoms. The molecule has 0 radical (unpaired) electrons. The fourth-order valence-electron chi connectivity index (χ4n) is 6.75. The third kappa shape index (κ3) is 4.18. The second kappa shape index (κ2) is 10.4. The molecule has 0 aliphatic heterocycles. The van der Waals surface area contributed by atoms with Gasteiger partial charge in [0.1, 0.15) is 0 Å². The number of thiophene rings is 3. The molecule has 0 bridgehead atoms. The fourth-order valence-corrected chi connectivity index (χ4v) is 10.4. The Morgan fingerprint density at radius 1 is 0.556 bits per heavy atom. The van der Waals surface area contributed by atoms with Crippen molar-refractivity contribution in [3.8, 4) is 33.4 Å². The van der Waals surface area contributed by atoms with Gasteiger partial charge in [-0.1, -0.05) is 97.1 Å². The molecule has 3 aromatic heterocycles. The molecule has 0 N–H and O–H groups in total. The lowest BCUT2D eigenvalue weighted by molar-refractivity contribution is 1.60. The van der Waals surface area contributed by atoms with Crippen molar-refractivity contribution in [2.24, 2.45) is 0 Å². The van der Waals surface area contributed by atoms with Crippen LogP contribution >= 0.6 is 34.0 Å². The Kier molecular flexibility index (Phi) is 6.18. The number of hydrogen-bond donors (Lipinski definition) is 0. The monoisotopic (exact) mass is 626 g/mol. The minimum atomic E-state index is 1.12. The third-order valence-corrected chi connectivity index (χ3v) is 12.4. The van der Waals surface area contributed by atoms with Crippen LogP contribution in [0.1, 0.15) is 17.4 Å². The first-order chi connectivity index (χ1) is 22.2. The van der Waals surface area contributed by atoms with Crippen LogP contribution in [0.5, 0.6) is 0 Å². The molecule has 0 saturated heterocycles. The van der Waals surface area contributed by atoms with Gasteiger partial charge in [-0.15, -0.1) is 34.0 Å². The van der Waals surface area contributed by atoms with E-state index in [1.54, 1.807) is 0 Å². The first-order valence-corrected chi connectivity index (χ1v) is 17.6. The Labute approximate surface area is 274 Å². The second-order valence-electron chi connectivity index (χ2n) is 11.5. The normalized spacial score (nSPS) is 12.0. The van der Waals surface area contributed by atoms with Gasteiger partial charge in [0.25, 0.3) is 0 Å². The van der Waals surface area contributed by atoms with Crippen LogP contribution in [0.3, 0.4) is 0 Å². The van der Waals surface area contributed by atoms with Gasteiger partial charge in [-0.3, -0.25) is 0 Å². The predicted molar refractivity (Wildman–Crippen MR) is 201 cm³/mol. The maximum absolute atomic E-state index is 3.55. The van der Waals surface area contributed by atoms with Crippen LogP contribution in [0.4, 0.5) is 0 Å². The lowest BCUT2D eigenvalue weighted by Crippen LogP contribution is -1.87. The van der Waals surface area contributed by atoms with Crippen LogP contribution in [0.2, 0.25) is 0 Å². The summed E-state index contributed by atoms with van der Waals surface area (Å²) in [6, 6.07) is 47.2. The Hall–Kier alpha value is -4.72. The van der Waals surface area contributed by atoms with Crippen molar-refractivity contribution in [2.75, 3.05) is 0 Å². The van der Waals surface area contributed by atoms with Gasteiger partial charge in [-0.25, -0.2) is 0 Å². The lowest BCUT2D eigenvalue weighted by atomic mass is 9.92. The molecule has 212 valence electrons. The molecular formula is C42H26S3. The zero-order valence-corrected chi connectivity index (χ0v) is 27.2. The van der Waals surface area contributed by atoms with Crippen molar-refractivity contribution < 1.29 is 0 Å². The minimum absolute atomic E-state index is 1.12. The van der Waals surface area contributed by atoms with Gasteiger partial charge < -0.3 is 0 Å². The van der Waals surface area contributed by atoms with E-state index in [1.807, 2.05) is 34.0 Å². The quantitative estimate of drug-likeness (QED) is 0.182. The third-order valence-electron chi connectivity index (χ3n) is 8.80. The highest BCUT2D eigenvalue weighted by Crippen LogP contribution is 2.46. The highest BCUT2D eigenvalue weighted by molar-refractivity contribution is 7.26. The van der Waals surface area contributed by atoms with Crippen molar-refractivity contribution >= 4 is 90.5 Å². The molecule has 0 amide bonds. The van der Waals surface area contributed by atoms with Crippen molar-refractivity contribution in [1.82, 2.24) is 0 Å². The van der Waals surface area contributed by atoms with E-state index >= 15 is 0 Å². The van der Waals surface area contributed by atoms with E-state index in [4.69, 9.17) is 0 Å². The van der Waals surface area contributed by atoms with Crippen LogP contribution in [-0.2, 0) is 0 Å². The predicted octanol–water partition coefficient (Wildman–Crippen LogP) is 13.6. The second-order valence-corrected chi connectivity index (χ2v) is 14.8. The van der Waals surface area contributed by atoms with Gasteiger partial charge in [0.2, 0.25) is 0 Å². The summed E-state index contributed by atoms with van der Waals surface area (Å²) in [5.74, 6) is 0. The molecule has 0 saturated carbocycles. The van der Waals surface area contributed by atoms with Crippen LogP contribution in [0.25, 0.3) is 89.9 Å². The summed E-state index contributed by atoms with van der Waals surface area (Å²) in [7, 11) is 0. The van der Waals surface area contributed by atoms with Gasteiger partial charge in [-0.2, -0.15) is 0 Å². The highest BCUT2D eigenvalue weighted by atomic mass is 32.1. The van der Waals surface area contributed by atoms with E-state index < -0.39 is 0 Å². The highest BCUT2D eigenvalue weighted by Gasteiger charge is 2.18. The number of hydrogen-bond acceptors (Lipinski definition) is 3. The number of allylic oxidation sites excluding steroid dienone is 1.